The van der Waals surface area contributed by atoms with Gasteiger partial charge in [-0.05, 0) is 49.2 Å². The minimum absolute atomic E-state index is 0.0371. The van der Waals surface area contributed by atoms with Gasteiger partial charge in [-0.1, -0.05) is 12.1 Å². The van der Waals surface area contributed by atoms with Crippen molar-refractivity contribution in [2.24, 2.45) is 0 Å². The largest absolute Gasteiger partial charge is 0.502 e. The molecule has 0 aliphatic carbocycles. The molecule has 10 nitrogen and oxygen atoms in total. The highest BCUT2D eigenvalue weighted by atomic mass is 19.1. The number of amides is 2. The normalized spacial score (nSPS) is 14.6. The standard InChI is InChI=1S/C26H29FN6O4/c1-26(2)25-31-20(13-21(34)29-14-17-3-5-19(27)6-4-17)23(36)24(37)33(25)12-11-32(26)16-22(35)30-15-18-7-9-28-10-8-18/h3-10,36H,11-16H2,1-2H3,(H,29,34)(H,30,35). The molecule has 0 bridgehead atoms. The van der Waals surface area contributed by atoms with Crippen LogP contribution in [0.1, 0.15) is 36.5 Å². The Bertz CT molecular complexity index is 1340. The molecule has 1 aliphatic heterocycles. The number of aromatic nitrogens is 3. The van der Waals surface area contributed by atoms with Crippen LogP contribution in [0.4, 0.5) is 4.39 Å². The molecule has 0 atom stereocenters. The number of pyridine rings is 1. The van der Waals surface area contributed by atoms with Crippen LogP contribution < -0.4 is 16.2 Å². The Morgan fingerprint density at radius 3 is 2.30 bits per heavy atom. The molecular formula is C26H29FN6O4. The van der Waals surface area contributed by atoms with Crippen molar-refractivity contribution < 1.29 is 19.1 Å². The van der Waals surface area contributed by atoms with Gasteiger partial charge in [-0.2, -0.15) is 0 Å². The third-order valence-electron chi connectivity index (χ3n) is 6.45. The Hall–Kier alpha value is -4.12. The zero-order valence-corrected chi connectivity index (χ0v) is 20.7. The van der Waals surface area contributed by atoms with Crippen LogP contribution in [-0.2, 0) is 41.2 Å². The zero-order chi connectivity index (χ0) is 26.6. The lowest BCUT2D eigenvalue weighted by Gasteiger charge is -2.42. The van der Waals surface area contributed by atoms with Gasteiger partial charge in [0.15, 0.2) is 0 Å². The van der Waals surface area contributed by atoms with Crippen molar-refractivity contribution in [1.29, 1.82) is 0 Å². The van der Waals surface area contributed by atoms with E-state index in [2.05, 4.69) is 20.6 Å². The average Bonchev–Trinajstić information content (AvgIpc) is 2.88. The molecule has 4 rings (SSSR count). The van der Waals surface area contributed by atoms with Crippen molar-refractivity contribution >= 4 is 11.8 Å². The third-order valence-corrected chi connectivity index (χ3v) is 6.45. The van der Waals surface area contributed by atoms with Gasteiger partial charge in [0.2, 0.25) is 17.6 Å². The summed E-state index contributed by atoms with van der Waals surface area (Å²) in [6.45, 7) is 4.95. The predicted octanol–water partition coefficient (Wildman–Crippen LogP) is 1.21. The van der Waals surface area contributed by atoms with E-state index >= 15 is 0 Å². The molecule has 0 radical (unpaired) electrons. The SMILES string of the molecule is CC1(C)c2nc(CC(=O)NCc3ccc(F)cc3)c(O)c(=O)n2CCN1CC(=O)NCc1ccncc1. The van der Waals surface area contributed by atoms with E-state index in [1.807, 2.05) is 30.9 Å². The number of halogens is 1. The van der Waals surface area contributed by atoms with Gasteiger partial charge < -0.3 is 15.7 Å². The first-order chi connectivity index (χ1) is 17.6. The van der Waals surface area contributed by atoms with Crippen LogP contribution in [0.25, 0.3) is 0 Å². The van der Waals surface area contributed by atoms with E-state index in [1.54, 1.807) is 24.5 Å². The molecule has 3 heterocycles. The minimum Gasteiger partial charge on any atom is -0.502 e. The predicted molar refractivity (Wildman–Crippen MR) is 133 cm³/mol. The second-order valence-electron chi connectivity index (χ2n) is 9.38. The molecule has 1 aromatic carbocycles. The Kier molecular flexibility index (Phi) is 7.63. The molecule has 0 saturated carbocycles. The number of rotatable bonds is 8. The van der Waals surface area contributed by atoms with E-state index in [0.29, 0.717) is 24.5 Å². The van der Waals surface area contributed by atoms with Crippen molar-refractivity contribution in [3.05, 3.63) is 87.6 Å². The fraction of sp³-hybridized carbons (Fsp3) is 0.346. The number of fused-ring (bicyclic) bond motifs is 1. The Morgan fingerprint density at radius 1 is 1.00 bits per heavy atom. The number of carbonyl (C=O) groups is 2. The molecule has 37 heavy (non-hydrogen) atoms. The fourth-order valence-electron chi connectivity index (χ4n) is 4.25. The zero-order valence-electron chi connectivity index (χ0n) is 20.7. The maximum atomic E-state index is 13.1. The number of aromatic hydroxyl groups is 1. The molecule has 2 aromatic heterocycles. The summed E-state index contributed by atoms with van der Waals surface area (Å²) in [5.74, 6) is -1.20. The van der Waals surface area contributed by atoms with Crippen LogP contribution in [0.15, 0.2) is 53.6 Å². The molecule has 0 fully saturated rings. The van der Waals surface area contributed by atoms with E-state index in [-0.39, 0.29) is 43.5 Å². The van der Waals surface area contributed by atoms with Gasteiger partial charge >= 0.3 is 0 Å². The van der Waals surface area contributed by atoms with Gasteiger partial charge in [-0.15, -0.1) is 0 Å². The Morgan fingerprint density at radius 2 is 1.62 bits per heavy atom. The van der Waals surface area contributed by atoms with Crippen LogP contribution >= 0.6 is 0 Å². The molecule has 3 N–H and O–H groups in total. The lowest BCUT2D eigenvalue weighted by atomic mass is 9.98. The molecule has 3 aromatic rings. The fourth-order valence-corrected chi connectivity index (χ4v) is 4.25. The summed E-state index contributed by atoms with van der Waals surface area (Å²) < 4.78 is 14.5. The van der Waals surface area contributed by atoms with E-state index < -0.39 is 22.8 Å². The van der Waals surface area contributed by atoms with Gasteiger partial charge in [-0.25, -0.2) is 9.37 Å². The van der Waals surface area contributed by atoms with Crippen LogP contribution in [-0.4, -0.2) is 49.4 Å². The second-order valence-corrected chi connectivity index (χ2v) is 9.38. The maximum absolute atomic E-state index is 13.1. The van der Waals surface area contributed by atoms with Crippen molar-refractivity contribution in [3.63, 3.8) is 0 Å². The van der Waals surface area contributed by atoms with Crippen LogP contribution in [0.2, 0.25) is 0 Å². The van der Waals surface area contributed by atoms with E-state index in [0.717, 1.165) is 5.56 Å². The van der Waals surface area contributed by atoms with E-state index in [9.17, 15) is 23.9 Å². The molecule has 11 heteroatoms. The lowest BCUT2D eigenvalue weighted by molar-refractivity contribution is -0.124. The van der Waals surface area contributed by atoms with Gasteiger partial charge in [-0.3, -0.25) is 28.8 Å². The summed E-state index contributed by atoms with van der Waals surface area (Å²) in [6.07, 6.45) is 3.01. The molecular weight excluding hydrogens is 479 g/mol. The van der Waals surface area contributed by atoms with E-state index in [1.165, 1.54) is 16.7 Å². The maximum Gasteiger partial charge on any atom is 0.296 e. The number of hydrogen-bond donors (Lipinski definition) is 3. The number of carbonyl (C=O) groups excluding carboxylic acids is 2. The first-order valence-electron chi connectivity index (χ1n) is 11.9. The Labute approximate surface area is 213 Å². The molecule has 0 spiro atoms. The highest BCUT2D eigenvalue weighted by molar-refractivity contribution is 5.79. The van der Waals surface area contributed by atoms with Gasteiger partial charge in [0.25, 0.3) is 5.56 Å². The molecule has 1 aliphatic rings. The first-order valence-corrected chi connectivity index (χ1v) is 11.9. The summed E-state index contributed by atoms with van der Waals surface area (Å²) in [6, 6.07) is 9.35. The van der Waals surface area contributed by atoms with Crippen LogP contribution in [0, 0.1) is 5.82 Å². The van der Waals surface area contributed by atoms with Crippen molar-refractivity contribution in [1.82, 2.24) is 30.1 Å². The monoisotopic (exact) mass is 508 g/mol. The van der Waals surface area contributed by atoms with Gasteiger partial charge in [0, 0.05) is 38.6 Å². The number of hydrogen-bond acceptors (Lipinski definition) is 7. The summed E-state index contributed by atoms with van der Waals surface area (Å²) in [5, 5.41) is 16.1. The molecule has 194 valence electrons. The van der Waals surface area contributed by atoms with Gasteiger partial charge in [0.1, 0.15) is 11.6 Å². The number of nitrogens with zero attached hydrogens (tertiary/aromatic N) is 4. The summed E-state index contributed by atoms with van der Waals surface area (Å²) in [4.78, 5) is 48.5. The number of benzene rings is 1. The Balaban J connectivity index is 1.45. The van der Waals surface area contributed by atoms with E-state index in [4.69, 9.17) is 0 Å². The number of nitrogens with one attached hydrogen (secondary N) is 2. The summed E-state index contributed by atoms with van der Waals surface area (Å²) in [7, 11) is 0. The van der Waals surface area contributed by atoms with Crippen LogP contribution in [0.3, 0.4) is 0 Å². The molecule has 0 unspecified atom stereocenters. The quantitative estimate of drug-likeness (QED) is 0.417. The summed E-state index contributed by atoms with van der Waals surface area (Å²) >= 11 is 0. The first kappa shape index (κ1) is 26.0. The highest BCUT2D eigenvalue weighted by Gasteiger charge is 2.39. The van der Waals surface area contributed by atoms with Crippen molar-refractivity contribution in [2.75, 3.05) is 13.1 Å². The van der Waals surface area contributed by atoms with Crippen LogP contribution in [0.5, 0.6) is 5.75 Å². The lowest BCUT2D eigenvalue weighted by Crippen LogP contribution is -2.55. The average molecular weight is 509 g/mol. The highest BCUT2D eigenvalue weighted by Crippen LogP contribution is 2.30. The molecule has 0 saturated heterocycles. The summed E-state index contributed by atoms with van der Waals surface area (Å²) in [5.41, 5.74) is 0.151. The van der Waals surface area contributed by atoms with Crippen molar-refractivity contribution in [2.45, 2.75) is 45.4 Å². The third kappa shape index (κ3) is 6.00. The van der Waals surface area contributed by atoms with Crippen molar-refractivity contribution in [3.8, 4) is 5.75 Å². The smallest absolute Gasteiger partial charge is 0.296 e. The second kappa shape index (κ2) is 10.9. The minimum atomic E-state index is -0.821. The molecule has 2 amide bonds. The topological polar surface area (TPSA) is 129 Å². The van der Waals surface area contributed by atoms with Gasteiger partial charge in [0.05, 0.1) is 24.2 Å².